The summed E-state index contributed by atoms with van der Waals surface area (Å²) in [5.74, 6) is -0.0478. The maximum absolute atomic E-state index is 13.7. The number of benzene rings is 3. The summed E-state index contributed by atoms with van der Waals surface area (Å²) in [7, 11) is 1.53. The maximum Gasteiger partial charge on any atom is 0.329 e. The third-order valence-corrected chi connectivity index (χ3v) is 7.54. The molecule has 200 valence electrons. The van der Waals surface area contributed by atoms with Gasteiger partial charge in [-0.05, 0) is 16.7 Å². The van der Waals surface area contributed by atoms with Crippen LogP contribution >= 0.6 is 0 Å². The lowest BCUT2D eigenvalue weighted by atomic mass is 9.98. The van der Waals surface area contributed by atoms with Crippen molar-refractivity contribution in [3.8, 4) is 0 Å². The minimum absolute atomic E-state index is 0.0519. The number of nitrogens with zero attached hydrogens (tertiary/aromatic N) is 4. The minimum atomic E-state index is -0.586. The molecule has 0 fully saturated rings. The summed E-state index contributed by atoms with van der Waals surface area (Å²) in [6, 6.07) is 23.9. The molecule has 2 aromatic heterocycles. The number of aromatic amines is 1. The van der Waals surface area contributed by atoms with E-state index in [-0.39, 0.29) is 41.6 Å². The van der Waals surface area contributed by atoms with E-state index in [0.717, 1.165) is 11.1 Å². The summed E-state index contributed by atoms with van der Waals surface area (Å²) >= 11 is 0. The topological polar surface area (TPSA) is 131 Å². The molecule has 0 spiro atoms. The molecule has 10 heteroatoms. The van der Waals surface area contributed by atoms with Crippen LogP contribution in [0.25, 0.3) is 16.7 Å². The summed E-state index contributed by atoms with van der Waals surface area (Å²) < 4.78 is 2.91. The summed E-state index contributed by atoms with van der Waals surface area (Å²) in [4.78, 5) is 58.7. The highest BCUT2D eigenvalue weighted by Crippen LogP contribution is 2.40. The Kier molecular flexibility index (Phi) is 5.49. The first kappa shape index (κ1) is 24.4. The first-order valence-electron chi connectivity index (χ1n) is 13.0. The lowest BCUT2D eigenvalue weighted by molar-refractivity contribution is 0.100. The standard InChI is InChI=1S/C31H22N6O4/c1-36-28-26(29(40)33-31(36)41)37(16-17-9-3-2-4-10-17)30(32-28)35-34-25-20-13-7-8-14-21(20)27(39)24(25)22-15-23(38)19-12-6-5-11-18(19)22/h2-14H,15-16H2,1H3,(H,32,35)(H,33,40,41)/b24-22+,34-25+. The summed E-state index contributed by atoms with van der Waals surface area (Å²) in [5, 5.41) is 4.68. The quantitative estimate of drug-likeness (QED) is 0.264. The number of H-pyrrole nitrogens is 1. The Balaban J connectivity index is 1.42. The predicted octanol–water partition coefficient (Wildman–Crippen LogP) is 3.52. The van der Waals surface area contributed by atoms with Crippen molar-refractivity contribution >= 4 is 40.0 Å². The first-order valence-corrected chi connectivity index (χ1v) is 13.0. The average molecular weight is 543 g/mol. The van der Waals surface area contributed by atoms with E-state index in [1.807, 2.05) is 54.6 Å². The van der Waals surface area contributed by atoms with Crippen LogP contribution in [0.2, 0.25) is 0 Å². The highest BCUT2D eigenvalue weighted by atomic mass is 16.2. The molecule has 0 amide bonds. The van der Waals surface area contributed by atoms with Crippen molar-refractivity contribution in [3.63, 3.8) is 0 Å². The number of aryl methyl sites for hydroxylation is 1. The molecule has 5 aromatic rings. The predicted molar refractivity (Wildman–Crippen MR) is 154 cm³/mol. The minimum Gasteiger partial charge on any atom is -0.298 e. The number of carbonyl (C=O) groups is 2. The van der Waals surface area contributed by atoms with E-state index >= 15 is 0 Å². The van der Waals surface area contributed by atoms with Crippen LogP contribution in [0.3, 0.4) is 0 Å². The van der Waals surface area contributed by atoms with Crippen LogP contribution in [0.1, 0.15) is 43.8 Å². The third-order valence-electron chi connectivity index (χ3n) is 7.54. The van der Waals surface area contributed by atoms with Crippen LogP contribution in [0.15, 0.2) is 99.1 Å². The summed E-state index contributed by atoms with van der Waals surface area (Å²) in [5.41, 5.74) is 6.91. The number of nitrogens with one attached hydrogen (secondary N) is 2. The van der Waals surface area contributed by atoms with E-state index in [4.69, 9.17) is 0 Å². The van der Waals surface area contributed by atoms with Crippen molar-refractivity contribution in [1.82, 2.24) is 19.1 Å². The molecular weight excluding hydrogens is 520 g/mol. The van der Waals surface area contributed by atoms with Gasteiger partial charge in [-0.1, -0.05) is 78.9 Å². The van der Waals surface area contributed by atoms with Crippen LogP contribution < -0.4 is 16.7 Å². The van der Waals surface area contributed by atoms with Crippen LogP contribution in [-0.4, -0.2) is 36.4 Å². The van der Waals surface area contributed by atoms with Gasteiger partial charge >= 0.3 is 5.69 Å². The number of fused-ring (bicyclic) bond motifs is 3. The molecular formula is C31H22N6O4. The molecule has 0 radical (unpaired) electrons. The Morgan fingerprint density at radius 2 is 1.51 bits per heavy atom. The van der Waals surface area contributed by atoms with Crippen molar-refractivity contribution in [2.24, 2.45) is 12.1 Å². The van der Waals surface area contributed by atoms with E-state index < -0.39 is 11.2 Å². The van der Waals surface area contributed by atoms with Gasteiger partial charge in [-0.2, -0.15) is 10.1 Å². The van der Waals surface area contributed by atoms with Gasteiger partial charge < -0.3 is 0 Å². The zero-order valence-corrected chi connectivity index (χ0v) is 21.8. The molecule has 0 saturated carbocycles. The number of Topliss-reactive ketones (excluding diaryl/α,β-unsaturated/α-hetero) is 2. The lowest BCUT2D eigenvalue weighted by Crippen LogP contribution is -2.29. The number of hydrazone groups is 1. The van der Waals surface area contributed by atoms with Crippen LogP contribution in [0.5, 0.6) is 0 Å². The van der Waals surface area contributed by atoms with Gasteiger partial charge in [0.15, 0.2) is 22.7 Å². The van der Waals surface area contributed by atoms with E-state index in [0.29, 0.717) is 33.5 Å². The maximum atomic E-state index is 13.7. The molecule has 0 bridgehead atoms. The van der Waals surface area contributed by atoms with Crippen LogP contribution in [0.4, 0.5) is 5.95 Å². The zero-order chi connectivity index (χ0) is 28.2. The van der Waals surface area contributed by atoms with Crippen LogP contribution in [-0.2, 0) is 13.6 Å². The number of aromatic nitrogens is 4. The molecule has 3 aromatic carbocycles. The van der Waals surface area contributed by atoms with E-state index in [2.05, 4.69) is 20.5 Å². The molecule has 2 N–H and O–H groups in total. The Morgan fingerprint density at radius 1 is 0.854 bits per heavy atom. The molecule has 2 aliphatic carbocycles. The molecule has 41 heavy (non-hydrogen) atoms. The second-order valence-electron chi connectivity index (χ2n) is 9.94. The molecule has 7 rings (SSSR count). The Morgan fingerprint density at radius 3 is 2.27 bits per heavy atom. The second-order valence-corrected chi connectivity index (χ2v) is 9.94. The molecule has 0 unspecified atom stereocenters. The SMILES string of the molecule is Cn1c(=O)[nH]c(=O)c2c1nc(N/N=C1/C(=C3/CC(=O)c4ccccc43)C(=O)c3ccccc31)n2Cc1ccccc1. The van der Waals surface area contributed by atoms with Crippen molar-refractivity contribution in [1.29, 1.82) is 0 Å². The van der Waals surface area contributed by atoms with Crippen molar-refractivity contribution in [3.05, 3.63) is 133 Å². The van der Waals surface area contributed by atoms with E-state index in [1.165, 1.54) is 11.6 Å². The number of anilines is 1. The number of imidazole rings is 1. The molecule has 10 nitrogen and oxygen atoms in total. The fourth-order valence-corrected chi connectivity index (χ4v) is 5.57. The number of hydrogen-bond donors (Lipinski definition) is 2. The molecule has 0 aliphatic heterocycles. The Bertz CT molecular complexity index is 2110. The van der Waals surface area contributed by atoms with Gasteiger partial charge in [-0.3, -0.25) is 28.5 Å². The monoisotopic (exact) mass is 542 g/mol. The normalized spacial score (nSPS) is 17.0. The Labute approximate surface area is 232 Å². The van der Waals surface area contributed by atoms with Gasteiger partial charge in [-0.15, -0.1) is 0 Å². The van der Waals surface area contributed by atoms with Crippen molar-refractivity contribution < 1.29 is 9.59 Å². The number of rotatable bonds is 4. The second kappa shape index (κ2) is 9.23. The Hall–Kier alpha value is -5.64. The third kappa shape index (κ3) is 3.80. The van der Waals surface area contributed by atoms with E-state index in [1.54, 1.807) is 28.8 Å². The number of carbonyl (C=O) groups excluding carboxylic acids is 2. The molecule has 2 aliphatic rings. The van der Waals surface area contributed by atoms with E-state index in [9.17, 15) is 19.2 Å². The van der Waals surface area contributed by atoms with Crippen molar-refractivity contribution in [2.75, 3.05) is 5.43 Å². The summed E-state index contributed by atoms with van der Waals surface area (Å²) in [6.07, 6.45) is 0.0947. The number of allylic oxidation sites excluding steroid dienone is 2. The van der Waals surface area contributed by atoms with Gasteiger partial charge in [0.2, 0.25) is 5.95 Å². The van der Waals surface area contributed by atoms with Gasteiger partial charge in [0.1, 0.15) is 5.71 Å². The lowest BCUT2D eigenvalue weighted by Gasteiger charge is -2.10. The molecule has 0 saturated heterocycles. The zero-order valence-electron chi connectivity index (χ0n) is 21.8. The highest BCUT2D eigenvalue weighted by molar-refractivity contribution is 6.45. The first-order chi connectivity index (χ1) is 19.9. The van der Waals surface area contributed by atoms with Gasteiger partial charge in [0.05, 0.1) is 12.1 Å². The highest BCUT2D eigenvalue weighted by Gasteiger charge is 2.37. The fourth-order valence-electron chi connectivity index (χ4n) is 5.57. The molecule has 2 heterocycles. The average Bonchev–Trinajstić information content (AvgIpc) is 3.61. The number of ketones is 2. The largest absolute Gasteiger partial charge is 0.329 e. The number of hydrogen-bond acceptors (Lipinski definition) is 7. The van der Waals surface area contributed by atoms with Gasteiger partial charge in [0.25, 0.3) is 5.56 Å². The van der Waals surface area contributed by atoms with Gasteiger partial charge in [-0.25, -0.2) is 10.2 Å². The molecule has 0 atom stereocenters. The van der Waals surface area contributed by atoms with Gasteiger partial charge in [0, 0.05) is 30.2 Å². The summed E-state index contributed by atoms with van der Waals surface area (Å²) in [6.45, 7) is 0.275. The van der Waals surface area contributed by atoms with Crippen LogP contribution in [0, 0.1) is 0 Å². The smallest absolute Gasteiger partial charge is 0.298 e. The fraction of sp³-hybridized carbons (Fsp3) is 0.0968. The van der Waals surface area contributed by atoms with Crippen molar-refractivity contribution in [2.45, 2.75) is 13.0 Å².